The Morgan fingerprint density at radius 1 is 1.55 bits per heavy atom. The van der Waals surface area contributed by atoms with Gasteiger partial charge >= 0.3 is 5.97 Å². The fourth-order valence-electron chi connectivity index (χ4n) is 0.355. The summed E-state index contributed by atoms with van der Waals surface area (Å²) in [6, 6.07) is 0. The Kier molecular flexibility index (Phi) is 3.06. The van der Waals surface area contributed by atoms with Gasteiger partial charge in [0.2, 0.25) is 5.76 Å². The van der Waals surface area contributed by atoms with Gasteiger partial charge in [-0.1, -0.05) is 0 Å². The van der Waals surface area contributed by atoms with Gasteiger partial charge in [0, 0.05) is 6.26 Å². The summed E-state index contributed by atoms with van der Waals surface area (Å²) in [7, 11) is -2.45. The number of hydrogen-bond acceptors (Lipinski definition) is 5. The van der Waals surface area contributed by atoms with Gasteiger partial charge in [0.25, 0.3) is 0 Å². The molecule has 64 valence electrons. The third kappa shape index (κ3) is 4.38. The van der Waals surface area contributed by atoms with Crippen LogP contribution >= 0.6 is 0 Å². The summed E-state index contributed by atoms with van der Waals surface area (Å²) in [6.07, 6.45) is 0.853. The standard InChI is InChI=1S/C5H8O5S/c1-10-5(7)4(6)3-11(2,8)9/h3,6H,1-2H3. The number of methoxy groups -OCH3 is 1. The average molecular weight is 180 g/mol. The van der Waals surface area contributed by atoms with E-state index < -0.39 is 21.6 Å². The fourth-order valence-corrected chi connectivity index (χ4v) is 0.857. The van der Waals surface area contributed by atoms with Gasteiger partial charge in [-0.3, -0.25) is 0 Å². The van der Waals surface area contributed by atoms with Gasteiger partial charge < -0.3 is 9.84 Å². The van der Waals surface area contributed by atoms with Gasteiger partial charge in [-0.15, -0.1) is 0 Å². The van der Waals surface area contributed by atoms with Crippen molar-refractivity contribution in [2.24, 2.45) is 0 Å². The van der Waals surface area contributed by atoms with E-state index in [2.05, 4.69) is 4.74 Å². The van der Waals surface area contributed by atoms with Crippen LogP contribution in [0.25, 0.3) is 0 Å². The Morgan fingerprint density at radius 2 is 2.00 bits per heavy atom. The van der Waals surface area contributed by atoms with Crippen LogP contribution in [0.5, 0.6) is 0 Å². The lowest BCUT2D eigenvalue weighted by atomic mass is 10.6. The molecular weight excluding hydrogens is 172 g/mol. The molecule has 5 nitrogen and oxygen atoms in total. The summed E-state index contributed by atoms with van der Waals surface area (Å²) in [5, 5.41) is 9.09. The Morgan fingerprint density at radius 3 is 2.27 bits per heavy atom. The normalized spacial score (nSPS) is 12.7. The zero-order chi connectivity index (χ0) is 9.07. The van der Waals surface area contributed by atoms with Crippen LogP contribution in [0.1, 0.15) is 0 Å². The van der Waals surface area contributed by atoms with E-state index in [0.717, 1.165) is 13.4 Å². The van der Waals surface area contributed by atoms with Crippen LogP contribution in [0.4, 0.5) is 0 Å². The summed E-state index contributed by atoms with van der Waals surface area (Å²) in [5.74, 6) is -1.99. The highest BCUT2D eigenvalue weighted by molar-refractivity contribution is 7.93. The molecule has 0 aliphatic heterocycles. The van der Waals surface area contributed by atoms with E-state index in [1.165, 1.54) is 0 Å². The molecule has 0 fully saturated rings. The quantitative estimate of drug-likeness (QED) is 0.355. The van der Waals surface area contributed by atoms with E-state index >= 15 is 0 Å². The van der Waals surface area contributed by atoms with Gasteiger partial charge in [-0.25, -0.2) is 13.2 Å². The Bertz CT molecular complexity index is 273. The van der Waals surface area contributed by atoms with E-state index in [1.807, 2.05) is 0 Å². The van der Waals surface area contributed by atoms with E-state index in [0.29, 0.717) is 5.41 Å². The highest BCUT2D eigenvalue weighted by atomic mass is 32.2. The predicted octanol–water partition coefficient (Wildman–Crippen LogP) is -0.397. The Balaban J connectivity index is 4.62. The lowest BCUT2D eigenvalue weighted by Crippen LogP contribution is -2.06. The zero-order valence-corrected chi connectivity index (χ0v) is 6.88. The van der Waals surface area contributed by atoms with Crippen molar-refractivity contribution < 1.29 is 23.1 Å². The number of carbonyl (C=O) groups excluding carboxylic acids is 1. The molecule has 0 atom stereocenters. The van der Waals surface area contributed by atoms with Crippen molar-refractivity contribution in [3.63, 3.8) is 0 Å². The molecule has 0 heterocycles. The minimum absolute atomic E-state index is 0.429. The van der Waals surface area contributed by atoms with Crippen molar-refractivity contribution >= 4 is 15.8 Å². The SMILES string of the molecule is COC(=O)C(O)=CS(C)(=O)=O. The number of hydrogen-bond donors (Lipinski definition) is 1. The monoisotopic (exact) mass is 180 g/mol. The molecule has 0 radical (unpaired) electrons. The Labute approximate surface area is 64.2 Å². The summed E-state index contributed by atoms with van der Waals surface area (Å²) in [6.45, 7) is 0. The molecule has 0 saturated carbocycles. The average Bonchev–Trinajstić information content (AvgIpc) is 1.82. The number of sulfone groups is 1. The third-order valence-corrected chi connectivity index (χ3v) is 1.37. The van der Waals surface area contributed by atoms with Crippen LogP contribution in [0.3, 0.4) is 0 Å². The number of carbonyl (C=O) groups is 1. The van der Waals surface area contributed by atoms with Crippen LogP contribution in [0.2, 0.25) is 0 Å². The van der Waals surface area contributed by atoms with Crippen molar-refractivity contribution in [2.75, 3.05) is 13.4 Å². The lowest BCUT2D eigenvalue weighted by molar-refractivity contribution is -0.139. The summed E-state index contributed by atoms with van der Waals surface area (Å²) >= 11 is 0. The second-order valence-electron chi connectivity index (χ2n) is 1.82. The van der Waals surface area contributed by atoms with Crippen molar-refractivity contribution in [2.45, 2.75) is 0 Å². The number of ether oxygens (including phenoxy) is 1. The first-order chi connectivity index (χ1) is 4.87. The molecule has 0 aliphatic carbocycles. The lowest BCUT2D eigenvalue weighted by Gasteiger charge is -1.94. The minimum atomic E-state index is -3.49. The molecule has 0 rings (SSSR count). The molecular formula is C5H8O5S. The van der Waals surface area contributed by atoms with Crippen LogP contribution in [0, 0.1) is 0 Å². The molecule has 0 unspecified atom stereocenters. The first kappa shape index (κ1) is 9.96. The first-order valence-electron chi connectivity index (χ1n) is 2.56. The third-order valence-electron chi connectivity index (χ3n) is 0.720. The topological polar surface area (TPSA) is 80.7 Å². The number of aliphatic hydroxyl groups excluding tert-OH is 1. The highest BCUT2D eigenvalue weighted by Gasteiger charge is 2.09. The zero-order valence-electron chi connectivity index (χ0n) is 6.07. The molecule has 0 aromatic heterocycles. The summed E-state index contributed by atoms with van der Waals surface area (Å²) in [4.78, 5) is 10.4. The predicted molar refractivity (Wildman–Crippen MR) is 37.6 cm³/mol. The van der Waals surface area contributed by atoms with Crippen molar-refractivity contribution in [1.29, 1.82) is 0 Å². The molecule has 0 spiro atoms. The van der Waals surface area contributed by atoms with Gasteiger partial charge in [0.15, 0.2) is 9.84 Å². The van der Waals surface area contributed by atoms with Crippen LogP contribution in [-0.2, 0) is 19.4 Å². The van der Waals surface area contributed by atoms with Crippen molar-refractivity contribution in [1.82, 2.24) is 0 Å². The summed E-state index contributed by atoms with van der Waals surface area (Å²) < 4.78 is 24.9. The maximum Gasteiger partial charge on any atom is 0.373 e. The van der Waals surface area contributed by atoms with Crippen LogP contribution < -0.4 is 0 Å². The maximum absolute atomic E-state index is 10.4. The summed E-state index contributed by atoms with van der Waals surface area (Å²) in [5.41, 5.74) is 0. The van der Waals surface area contributed by atoms with E-state index in [4.69, 9.17) is 5.11 Å². The maximum atomic E-state index is 10.4. The molecule has 0 aromatic rings. The number of esters is 1. The molecule has 11 heavy (non-hydrogen) atoms. The van der Waals surface area contributed by atoms with Crippen LogP contribution in [0.15, 0.2) is 11.2 Å². The van der Waals surface area contributed by atoms with E-state index in [9.17, 15) is 13.2 Å². The van der Waals surface area contributed by atoms with E-state index in [1.54, 1.807) is 0 Å². The van der Waals surface area contributed by atoms with Crippen LogP contribution in [-0.4, -0.2) is 32.9 Å². The fraction of sp³-hybridized carbons (Fsp3) is 0.400. The van der Waals surface area contributed by atoms with Gasteiger partial charge in [-0.2, -0.15) is 0 Å². The second-order valence-corrected chi connectivity index (χ2v) is 3.72. The first-order valence-corrected chi connectivity index (χ1v) is 4.51. The van der Waals surface area contributed by atoms with Crippen molar-refractivity contribution in [3.8, 4) is 0 Å². The number of aliphatic hydroxyl groups is 1. The molecule has 0 saturated heterocycles. The van der Waals surface area contributed by atoms with E-state index in [-0.39, 0.29) is 0 Å². The second kappa shape index (κ2) is 3.38. The van der Waals surface area contributed by atoms with Gasteiger partial charge in [-0.05, 0) is 0 Å². The molecule has 1 N–H and O–H groups in total. The molecule has 0 bridgehead atoms. The smallest absolute Gasteiger partial charge is 0.373 e. The molecule has 0 aromatic carbocycles. The van der Waals surface area contributed by atoms with Gasteiger partial charge in [0.05, 0.1) is 12.5 Å². The van der Waals surface area contributed by atoms with Gasteiger partial charge in [0.1, 0.15) is 0 Å². The van der Waals surface area contributed by atoms with Crippen molar-refractivity contribution in [3.05, 3.63) is 11.2 Å². The minimum Gasteiger partial charge on any atom is -0.501 e. The highest BCUT2D eigenvalue weighted by Crippen LogP contribution is 1.95. The largest absolute Gasteiger partial charge is 0.501 e. The molecule has 0 amide bonds. The number of rotatable bonds is 2. The Hall–Kier alpha value is -1.04. The molecule has 0 aliphatic rings. The molecule has 6 heteroatoms.